The van der Waals surface area contributed by atoms with Gasteiger partial charge in [0.1, 0.15) is 6.61 Å². The third kappa shape index (κ3) is 4.21. The molecule has 3 nitrogen and oxygen atoms in total. The van der Waals surface area contributed by atoms with Crippen LogP contribution in [0.2, 0.25) is 0 Å². The number of hydrogen-bond acceptors (Lipinski definition) is 3. The predicted molar refractivity (Wildman–Crippen MR) is 59.4 cm³/mol. The smallest absolute Gasteiger partial charge is 0.161 e. The third-order valence-electron chi connectivity index (χ3n) is 1.73. The van der Waals surface area contributed by atoms with Crippen LogP contribution in [-0.4, -0.2) is 23.9 Å². The van der Waals surface area contributed by atoms with E-state index in [-0.39, 0.29) is 6.61 Å². The van der Waals surface area contributed by atoms with Crippen molar-refractivity contribution in [3.63, 3.8) is 0 Å². The molecule has 1 aromatic rings. The van der Waals surface area contributed by atoms with Crippen LogP contribution < -0.4 is 9.47 Å². The summed E-state index contributed by atoms with van der Waals surface area (Å²) in [5, 5.41) is 9.53. The van der Waals surface area contributed by atoms with Crippen LogP contribution in [0.15, 0.2) is 24.3 Å². The van der Waals surface area contributed by atoms with Gasteiger partial charge in [-0.05, 0) is 32.9 Å². The summed E-state index contributed by atoms with van der Waals surface area (Å²) < 4.78 is 10.9. The number of ether oxygens (including phenoxy) is 2. The Bertz CT molecular complexity index is 302. The van der Waals surface area contributed by atoms with Gasteiger partial charge in [-0.2, -0.15) is 0 Å². The highest BCUT2D eigenvalue weighted by Gasteiger charge is 2.14. The van der Waals surface area contributed by atoms with E-state index in [1.165, 1.54) is 0 Å². The van der Waals surface area contributed by atoms with Gasteiger partial charge in [-0.15, -0.1) is 0 Å². The van der Waals surface area contributed by atoms with Crippen molar-refractivity contribution >= 4 is 0 Å². The van der Waals surface area contributed by atoms with E-state index in [0.717, 1.165) is 0 Å². The van der Waals surface area contributed by atoms with Crippen LogP contribution in [0.25, 0.3) is 0 Å². The van der Waals surface area contributed by atoms with Gasteiger partial charge in [-0.3, -0.25) is 0 Å². The van der Waals surface area contributed by atoms with Crippen LogP contribution in [-0.2, 0) is 0 Å². The van der Waals surface area contributed by atoms with E-state index in [0.29, 0.717) is 18.1 Å². The largest absolute Gasteiger partial charge is 0.490 e. The minimum atomic E-state index is -0.834. The first-order chi connectivity index (χ1) is 7.03. The molecule has 0 aromatic heterocycles. The van der Waals surface area contributed by atoms with E-state index >= 15 is 0 Å². The molecule has 0 saturated heterocycles. The molecule has 0 saturated carbocycles. The second kappa shape index (κ2) is 5.03. The number of rotatable bonds is 5. The van der Waals surface area contributed by atoms with Gasteiger partial charge in [-0.1, -0.05) is 12.1 Å². The van der Waals surface area contributed by atoms with Crippen molar-refractivity contribution in [2.45, 2.75) is 26.4 Å². The highest BCUT2D eigenvalue weighted by atomic mass is 16.5. The van der Waals surface area contributed by atoms with Gasteiger partial charge in [0.15, 0.2) is 11.5 Å². The van der Waals surface area contributed by atoms with Crippen LogP contribution in [0.4, 0.5) is 0 Å². The minimum Gasteiger partial charge on any atom is -0.490 e. The molecule has 0 radical (unpaired) electrons. The normalized spacial score (nSPS) is 11.2. The minimum absolute atomic E-state index is 0.247. The Morgan fingerprint density at radius 2 is 1.67 bits per heavy atom. The molecule has 1 aromatic carbocycles. The first-order valence-corrected chi connectivity index (χ1v) is 5.10. The first kappa shape index (κ1) is 11.9. The molecule has 0 heterocycles. The van der Waals surface area contributed by atoms with Crippen molar-refractivity contribution in [3.05, 3.63) is 24.3 Å². The van der Waals surface area contributed by atoms with Crippen molar-refractivity contribution in [2.24, 2.45) is 0 Å². The van der Waals surface area contributed by atoms with Gasteiger partial charge in [0.2, 0.25) is 0 Å². The summed E-state index contributed by atoms with van der Waals surface area (Å²) in [6.45, 7) is 6.18. The maximum Gasteiger partial charge on any atom is 0.161 e. The van der Waals surface area contributed by atoms with E-state index in [1.54, 1.807) is 13.8 Å². The van der Waals surface area contributed by atoms with Gasteiger partial charge < -0.3 is 14.6 Å². The van der Waals surface area contributed by atoms with Crippen LogP contribution >= 0.6 is 0 Å². The van der Waals surface area contributed by atoms with Crippen LogP contribution in [0.3, 0.4) is 0 Å². The van der Waals surface area contributed by atoms with Crippen molar-refractivity contribution in [1.82, 2.24) is 0 Å². The summed E-state index contributed by atoms with van der Waals surface area (Å²) in [4.78, 5) is 0. The second-order valence-corrected chi connectivity index (χ2v) is 3.98. The van der Waals surface area contributed by atoms with Gasteiger partial charge in [0, 0.05) is 0 Å². The molecule has 0 fully saturated rings. The molecule has 1 rings (SSSR count). The third-order valence-corrected chi connectivity index (χ3v) is 1.73. The average Bonchev–Trinajstić information content (AvgIpc) is 2.16. The Labute approximate surface area is 90.6 Å². The van der Waals surface area contributed by atoms with Gasteiger partial charge in [-0.25, -0.2) is 0 Å². The Morgan fingerprint density at radius 3 is 2.13 bits per heavy atom. The lowest BCUT2D eigenvalue weighted by molar-refractivity contribution is 0.0274. The Kier molecular flexibility index (Phi) is 3.97. The molecule has 0 atom stereocenters. The van der Waals surface area contributed by atoms with Crippen LogP contribution in [0.5, 0.6) is 11.5 Å². The fourth-order valence-electron chi connectivity index (χ4n) is 1.10. The molecule has 84 valence electrons. The molecule has 0 spiro atoms. The van der Waals surface area contributed by atoms with Gasteiger partial charge >= 0.3 is 0 Å². The Morgan fingerprint density at radius 1 is 1.13 bits per heavy atom. The highest BCUT2D eigenvalue weighted by Crippen LogP contribution is 2.26. The maximum absolute atomic E-state index is 9.53. The fraction of sp³-hybridized carbons (Fsp3) is 0.500. The SMILES string of the molecule is CCOc1ccccc1OCC(C)(C)O. The Balaban J connectivity index is 2.67. The van der Waals surface area contributed by atoms with Gasteiger partial charge in [0.25, 0.3) is 0 Å². The maximum atomic E-state index is 9.53. The molecular weight excluding hydrogens is 192 g/mol. The molecule has 0 amide bonds. The Hall–Kier alpha value is -1.22. The number of aliphatic hydroxyl groups is 1. The molecular formula is C12H18O3. The molecule has 3 heteroatoms. The summed E-state index contributed by atoms with van der Waals surface area (Å²) in [6.07, 6.45) is 0. The van der Waals surface area contributed by atoms with E-state index < -0.39 is 5.60 Å². The van der Waals surface area contributed by atoms with Crippen LogP contribution in [0.1, 0.15) is 20.8 Å². The van der Waals surface area contributed by atoms with Crippen molar-refractivity contribution < 1.29 is 14.6 Å². The van der Waals surface area contributed by atoms with Gasteiger partial charge in [0.05, 0.1) is 12.2 Å². The quantitative estimate of drug-likeness (QED) is 0.810. The highest BCUT2D eigenvalue weighted by molar-refractivity contribution is 5.39. The molecule has 0 aliphatic rings. The second-order valence-electron chi connectivity index (χ2n) is 3.98. The van der Waals surface area contributed by atoms with E-state index in [1.807, 2.05) is 31.2 Å². The fourth-order valence-corrected chi connectivity index (χ4v) is 1.10. The summed E-state index contributed by atoms with van der Waals surface area (Å²) in [6, 6.07) is 7.45. The zero-order valence-electron chi connectivity index (χ0n) is 9.49. The molecule has 15 heavy (non-hydrogen) atoms. The topological polar surface area (TPSA) is 38.7 Å². The van der Waals surface area contributed by atoms with Crippen LogP contribution in [0, 0.1) is 0 Å². The van der Waals surface area contributed by atoms with Crippen molar-refractivity contribution in [1.29, 1.82) is 0 Å². The predicted octanol–water partition coefficient (Wildman–Crippen LogP) is 2.24. The molecule has 0 aliphatic carbocycles. The summed E-state index contributed by atoms with van der Waals surface area (Å²) in [5.74, 6) is 1.38. The molecule has 0 unspecified atom stereocenters. The first-order valence-electron chi connectivity index (χ1n) is 5.10. The summed E-state index contributed by atoms with van der Waals surface area (Å²) in [7, 11) is 0. The van der Waals surface area contributed by atoms with Crippen molar-refractivity contribution in [2.75, 3.05) is 13.2 Å². The zero-order valence-corrected chi connectivity index (χ0v) is 9.49. The lowest BCUT2D eigenvalue weighted by atomic mass is 10.2. The van der Waals surface area contributed by atoms with E-state index in [2.05, 4.69) is 0 Å². The lowest BCUT2D eigenvalue weighted by Crippen LogP contribution is -2.27. The van der Waals surface area contributed by atoms with Crippen molar-refractivity contribution in [3.8, 4) is 11.5 Å². The van der Waals surface area contributed by atoms with E-state index in [9.17, 15) is 5.11 Å². The average molecular weight is 210 g/mol. The number of para-hydroxylation sites is 2. The zero-order chi connectivity index (χ0) is 11.3. The number of benzene rings is 1. The van der Waals surface area contributed by atoms with E-state index in [4.69, 9.17) is 9.47 Å². The lowest BCUT2D eigenvalue weighted by Gasteiger charge is -2.19. The molecule has 1 N–H and O–H groups in total. The standard InChI is InChI=1S/C12H18O3/c1-4-14-10-7-5-6-8-11(10)15-9-12(2,3)13/h5-8,13H,4,9H2,1-3H3. The summed E-state index contributed by atoms with van der Waals surface area (Å²) >= 11 is 0. The number of hydrogen-bond donors (Lipinski definition) is 1. The molecule has 0 aliphatic heterocycles. The monoisotopic (exact) mass is 210 g/mol. The summed E-state index contributed by atoms with van der Waals surface area (Å²) in [5.41, 5.74) is -0.834. The molecule has 0 bridgehead atoms.